The lowest BCUT2D eigenvalue weighted by atomic mass is 9.98. The number of para-hydroxylation sites is 1. The van der Waals surface area contributed by atoms with E-state index in [9.17, 15) is 0 Å². The Bertz CT molecular complexity index is 796. The summed E-state index contributed by atoms with van der Waals surface area (Å²) >= 11 is 0. The van der Waals surface area contributed by atoms with Crippen molar-refractivity contribution in [3.8, 4) is 5.75 Å². The van der Waals surface area contributed by atoms with E-state index in [1.165, 1.54) is 16.3 Å². The predicted molar refractivity (Wildman–Crippen MR) is 82.8 cm³/mol. The summed E-state index contributed by atoms with van der Waals surface area (Å²) in [5.41, 5.74) is 2.36. The van der Waals surface area contributed by atoms with Crippen molar-refractivity contribution < 1.29 is 4.74 Å². The molecule has 0 N–H and O–H groups in total. The molecule has 96 valence electrons. The molecule has 0 fully saturated rings. The van der Waals surface area contributed by atoms with Gasteiger partial charge in [0, 0.05) is 11.1 Å². The molecule has 0 saturated carbocycles. The van der Waals surface area contributed by atoms with Gasteiger partial charge in [-0.15, -0.1) is 0 Å². The van der Waals surface area contributed by atoms with E-state index in [1.54, 1.807) is 0 Å². The third kappa shape index (κ3) is 1.79. The molecule has 1 aliphatic rings. The summed E-state index contributed by atoms with van der Waals surface area (Å²) in [6, 6.07) is 23.0. The van der Waals surface area contributed by atoms with Crippen LogP contribution in [-0.4, -0.2) is 0 Å². The van der Waals surface area contributed by atoms with Crippen molar-refractivity contribution in [1.82, 2.24) is 0 Å². The minimum absolute atomic E-state index is 0.0176. The maximum absolute atomic E-state index is 6.14. The molecule has 1 nitrogen and oxygen atoms in total. The maximum Gasteiger partial charge on any atom is 0.143 e. The molecule has 0 amide bonds. The molecule has 0 unspecified atom stereocenters. The van der Waals surface area contributed by atoms with Crippen LogP contribution < -0.4 is 4.74 Å². The van der Waals surface area contributed by atoms with Crippen LogP contribution in [0.2, 0.25) is 0 Å². The first-order valence-corrected chi connectivity index (χ1v) is 6.83. The van der Waals surface area contributed by atoms with Crippen LogP contribution in [0.25, 0.3) is 16.8 Å². The quantitative estimate of drug-likeness (QED) is 0.597. The monoisotopic (exact) mass is 258 g/mol. The van der Waals surface area contributed by atoms with E-state index in [2.05, 4.69) is 60.7 Å². The van der Waals surface area contributed by atoms with Crippen LogP contribution in [0.4, 0.5) is 0 Å². The van der Waals surface area contributed by atoms with Gasteiger partial charge in [0.1, 0.15) is 11.9 Å². The number of benzene rings is 3. The number of rotatable bonds is 1. The lowest BCUT2D eigenvalue weighted by molar-refractivity contribution is 0.253. The molecule has 1 heterocycles. The van der Waals surface area contributed by atoms with Gasteiger partial charge in [-0.05, 0) is 22.9 Å². The van der Waals surface area contributed by atoms with Crippen molar-refractivity contribution in [3.05, 3.63) is 83.9 Å². The summed E-state index contributed by atoms with van der Waals surface area (Å²) in [5, 5.41) is 2.50. The van der Waals surface area contributed by atoms with Crippen molar-refractivity contribution in [3.63, 3.8) is 0 Å². The van der Waals surface area contributed by atoms with Crippen LogP contribution >= 0.6 is 0 Å². The molecular weight excluding hydrogens is 244 g/mol. The van der Waals surface area contributed by atoms with Gasteiger partial charge in [-0.3, -0.25) is 0 Å². The topological polar surface area (TPSA) is 9.23 Å². The van der Waals surface area contributed by atoms with Gasteiger partial charge in [0.2, 0.25) is 0 Å². The smallest absolute Gasteiger partial charge is 0.143 e. The molecule has 20 heavy (non-hydrogen) atoms. The van der Waals surface area contributed by atoms with E-state index in [0.29, 0.717) is 0 Å². The average molecular weight is 258 g/mol. The Morgan fingerprint density at radius 2 is 1.55 bits per heavy atom. The zero-order chi connectivity index (χ0) is 13.4. The molecule has 1 atom stereocenters. The highest BCUT2D eigenvalue weighted by atomic mass is 16.5. The van der Waals surface area contributed by atoms with Gasteiger partial charge in [0.15, 0.2) is 0 Å². The molecule has 0 saturated heterocycles. The van der Waals surface area contributed by atoms with Crippen molar-refractivity contribution >= 4 is 16.8 Å². The first-order valence-electron chi connectivity index (χ1n) is 6.83. The second-order valence-electron chi connectivity index (χ2n) is 5.00. The Kier molecular flexibility index (Phi) is 2.56. The maximum atomic E-state index is 6.14. The molecule has 4 rings (SSSR count). The summed E-state index contributed by atoms with van der Waals surface area (Å²) in [6.45, 7) is 0. The standard InChI is InChI=1S/C19H14O/c1-3-9-16-14(6-1)8-5-10-17(16)19-13-12-15-7-2-4-11-18(15)20-19/h1-13,19H/t19-/m0/s1. The van der Waals surface area contributed by atoms with Gasteiger partial charge in [-0.2, -0.15) is 0 Å². The summed E-state index contributed by atoms with van der Waals surface area (Å²) in [7, 11) is 0. The van der Waals surface area contributed by atoms with Crippen LogP contribution in [0.3, 0.4) is 0 Å². The number of fused-ring (bicyclic) bond motifs is 2. The third-order valence-corrected chi connectivity index (χ3v) is 3.75. The molecule has 0 radical (unpaired) electrons. The molecule has 3 aromatic rings. The van der Waals surface area contributed by atoms with Crippen LogP contribution in [0, 0.1) is 0 Å². The minimum Gasteiger partial charge on any atom is -0.481 e. The summed E-state index contributed by atoms with van der Waals surface area (Å²) in [4.78, 5) is 0. The number of hydrogen-bond acceptors (Lipinski definition) is 1. The first kappa shape index (κ1) is 11.3. The molecule has 0 aliphatic carbocycles. The Hall–Kier alpha value is -2.54. The molecule has 1 aliphatic heterocycles. The fourth-order valence-corrected chi connectivity index (χ4v) is 2.76. The second-order valence-corrected chi connectivity index (χ2v) is 5.00. The first-order chi connectivity index (χ1) is 9.92. The molecule has 0 bridgehead atoms. The van der Waals surface area contributed by atoms with Gasteiger partial charge in [0.05, 0.1) is 0 Å². The second kappa shape index (κ2) is 4.53. The molecule has 1 heteroatoms. The van der Waals surface area contributed by atoms with E-state index in [0.717, 1.165) is 11.3 Å². The van der Waals surface area contributed by atoms with Crippen LogP contribution in [0.1, 0.15) is 17.2 Å². The van der Waals surface area contributed by atoms with Crippen molar-refractivity contribution in [2.45, 2.75) is 6.10 Å². The lowest BCUT2D eigenvalue weighted by Gasteiger charge is -2.22. The van der Waals surface area contributed by atoms with Crippen molar-refractivity contribution in [1.29, 1.82) is 0 Å². The normalized spacial score (nSPS) is 16.7. The summed E-state index contributed by atoms with van der Waals surface area (Å²) in [6.07, 6.45) is 4.26. The number of ether oxygens (including phenoxy) is 1. The van der Waals surface area contributed by atoms with Crippen molar-refractivity contribution in [2.24, 2.45) is 0 Å². The largest absolute Gasteiger partial charge is 0.481 e. The molecule has 0 spiro atoms. The van der Waals surface area contributed by atoms with Crippen LogP contribution in [0.15, 0.2) is 72.8 Å². The Morgan fingerprint density at radius 1 is 0.750 bits per heavy atom. The molecule has 3 aromatic carbocycles. The highest BCUT2D eigenvalue weighted by Gasteiger charge is 2.17. The average Bonchev–Trinajstić information content (AvgIpc) is 2.54. The fourth-order valence-electron chi connectivity index (χ4n) is 2.76. The Labute approximate surface area is 118 Å². The van der Waals surface area contributed by atoms with Crippen LogP contribution in [0.5, 0.6) is 5.75 Å². The lowest BCUT2D eigenvalue weighted by Crippen LogP contribution is -2.09. The fraction of sp³-hybridized carbons (Fsp3) is 0.0526. The third-order valence-electron chi connectivity index (χ3n) is 3.75. The van der Waals surface area contributed by atoms with Gasteiger partial charge in [-0.1, -0.05) is 66.7 Å². The summed E-state index contributed by atoms with van der Waals surface area (Å²) in [5.74, 6) is 0.952. The SMILES string of the molecule is C1=C[C@@H](c2cccc3ccccc23)Oc2ccccc21. The van der Waals surface area contributed by atoms with E-state index in [-0.39, 0.29) is 6.10 Å². The minimum atomic E-state index is -0.0176. The van der Waals surface area contributed by atoms with E-state index < -0.39 is 0 Å². The Balaban J connectivity index is 1.82. The van der Waals surface area contributed by atoms with Crippen molar-refractivity contribution in [2.75, 3.05) is 0 Å². The van der Waals surface area contributed by atoms with Gasteiger partial charge >= 0.3 is 0 Å². The van der Waals surface area contributed by atoms with Crippen LogP contribution in [-0.2, 0) is 0 Å². The van der Waals surface area contributed by atoms with E-state index >= 15 is 0 Å². The molecular formula is C19H14O. The highest BCUT2D eigenvalue weighted by molar-refractivity contribution is 5.86. The zero-order valence-electron chi connectivity index (χ0n) is 11.0. The van der Waals surface area contributed by atoms with E-state index in [4.69, 9.17) is 4.74 Å². The number of hydrogen-bond donors (Lipinski definition) is 0. The van der Waals surface area contributed by atoms with E-state index in [1.807, 2.05) is 18.2 Å². The predicted octanol–water partition coefficient (Wildman–Crippen LogP) is 4.99. The summed E-state index contributed by atoms with van der Waals surface area (Å²) < 4.78 is 6.14. The molecule has 0 aromatic heterocycles. The van der Waals surface area contributed by atoms with Gasteiger partial charge in [0.25, 0.3) is 0 Å². The Morgan fingerprint density at radius 3 is 2.55 bits per heavy atom. The zero-order valence-corrected chi connectivity index (χ0v) is 11.0. The van der Waals surface area contributed by atoms with Gasteiger partial charge < -0.3 is 4.74 Å². The highest BCUT2D eigenvalue weighted by Crippen LogP contribution is 2.34. The van der Waals surface area contributed by atoms with Gasteiger partial charge in [-0.25, -0.2) is 0 Å².